The highest BCUT2D eigenvalue weighted by Gasteiger charge is 2.28. The first kappa shape index (κ1) is 21.4. The molecule has 0 spiro atoms. The number of methoxy groups -OCH3 is 3. The Hall–Kier alpha value is -3.82. The Kier molecular flexibility index (Phi) is 6.11. The number of hydrogen-bond acceptors (Lipinski definition) is 9. The number of nitrogens with zero attached hydrogens (tertiary/aromatic N) is 4. The summed E-state index contributed by atoms with van der Waals surface area (Å²) in [7, 11) is 4.56. The molecule has 1 aliphatic rings. The number of anilines is 1. The Bertz CT molecular complexity index is 1090. The molecule has 1 amide bonds. The van der Waals surface area contributed by atoms with Crippen LogP contribution in [0.4, 0.5) is 5.82 Å². The molecule has 1 aliphatic heterocycles. The van der Waals surface area contributed by atoms with Gasteiger partial charge in [-0.25, -0.2) is 4.98 Å². The number of rotatable bonds is 7. The van der Waals surface area contributed by atoms with Gasteiger partial charge in [-0.05, 0) is 37.6 Å². The van der Waals surface area contributed by atoms with Crippen LogP contribution < -0.4 is 24.4 Å². The molecule has 1 fully saturated rings. The minimum atomic E-state index is -0.218. The summed E-state index contributed by atoms with van der Waals surface area (Å²) >= 11 is 0. The third-order valence-corrected chi connectivity index (χ3v) is 5.29. The second-order valence-corrected chi connectivity index (χ2v) is 7.34. The summed E-state index contributed by atoms with van der Waals surface area (Å²) in [5, 5.41) is 6.96. The molecule has 0 saturated carbocycles. The number of ether oxygens (including phenoxy) is 3. The fourth-order valence-corrected chi connectivity index (χ4v) is 3.77. The van der Waals surface area contributed by atoms with Gasteiger partial charge >= 0.3 is 0 Å². The van der Waals surface area contributed by atoms with Crippen molar-refractivity contribution >= 4 is 11.7 Å². The van der Waals surface area contributed by atoms with Crippen molar-refractivity contribution in [3.8, 4) is 28.7 Å². The summed E-state index contributed by atoms with van der Waals surface area (Å²) in [4.78, 5) is 23.9. The quantitative estimate of drug-likeness (QED) is 0.593. The summed E-state index contributed by atoms with van der Waals surface area (Å²) in [6, 6.07) is 6.95. The van der Waals surface area contributed by atoms with Gasteiger partial charge in [0.1, 0.15) is 5.82 Å². The fraction of sp³-hybridized carbons (Fsp3) is 0.364. The second-order valence-electron chi connectivity index (χ2n) is 7.34. The van der Waals surface area contributed by atoms with Gasteiger partial charge in [-0.3, -0.25) is 4.79 Å². The lowest BCUT2D eigenvalue weighted by Gasteiger charge is -2.20. The molecule has 3 heterocycles. The highest BCUT2D eigenvalue weighted by Crippen LogP contribution is 2.38. The fourth-order valence-electron chi connectivity index (χ4n) is 3.77. The molecule has 32 heavy (non-hydrogen) atoms. The number of benzene rings is 1. The van der Waals surface area contributed by atoms with E-state index in [1.807, 2.05) is 12.1 Å². The second kappa shape index (κ2) is 9.13. The van der Waals surface area contributed by atoms with Gasteiger partial charge in [0.2, 0.25) is 5.75 Å². The summed E-state index contributed by atoms with van der Waals surface area (Å²) in [6.45, 7) is 3.11. The third-order valence-electron chi connectivity index (χ3n) is 5.29. The van der Waals surface area contributed by atoms with Gasteiger partial charge in [-0.2, -0.15) is 4.98 Å². The first-order valence-electron chi connectivity index (χ1n) is 10.2. The number of aromatic nitrogens is 3. The van der Waals surface area contributed by atoms with E-state index in [0.29, 0.717) is 41.1 Å². The SMILES string of the molecule is COc1cc(C(=O)NC2CCN(c3ncccc3-c3nc(C)no3)C2)cc(OC)c1OC. The smallest absolute Gasteiger partial charge is 0.261 e. The number of amides is 1. The molecule has 1 aromatic carbocycles. The van der Waals surface area contributed by atoms with Crippen molar-refractivity contribution in [3.63, 3.8) is 0 Å². The molecule has 4 rings (SSSR count). The number of aryl methyl sites for hydroxylation is 1. The van der Waals surface area contributed by atoms with E-state index in [-0.39, 0.29) is 11.9 Å². The van der Waals surface area contributed by atoms with Crippen LogP contribution in [0.5, 0.6) is 17.2 Å². The summed E-state index contributed by atoms with van der Waals surface area (Å²) in [5.74, 6) is 2.82. The van der Waals surface area contributed by atoms with E-state index in [1.54, 1.807) is 25.3 Å². The van der Waals surface area contributed by atoms with Gasteiger partial charge < -0.3 is 29.0 Å². The largest absolute Gasteiger partial charge is 0.493 e. The molecular formula is C22H25N5O5. The Balaban J connectivity index is 1.49. The Morgan fingerprint density at radius 2 is 1.94 bits per heavy atom. The van der Waals surface area contributed by atoms with Crippen LogP contribution in [0.2, 0.25) is 0 Å². The van der Waals surface area contributed by atoms with Crippen molar-refractivity contribution in [1.82, 2.24) is 20.4 Å². The van der Waals surface area contributed by atoms with Crippen LogP contribution in [0.15, 0.2) is 35.0 Å². The normalized spacial score (nSPS) is 15.5. The number of pyridine rings is 1. The molecule has 1 unspecified atom stereocenters. The van der Waals surface area contributed by atoms with E-state index in [4.69, 9.17) is 18.7 Å². The van der Waals surface area contributed by atoms with E-state index >= 15 is 0 Å². The predicted octanol–water partition coefficient (Wildman–Crippen LogP) is 2.47. The van der Waals surface area contributed by atoms with E-state index in [1.165, 1.54) is 21.3 Å². The molecule has 0 bridgehead atoms. The van der Waals surface area contributed by atoms with Gasteiger partial charge in [0.25, 0.3) is 11.8 Å². The summed E-state index contributed by atoms with van der Waals surface area (Å²) in [6.07, 6.45) is 2.50. The average molecular weight is 439 g/mol. The number of carbonyl (C=O) groups excluding carboxylic acids is 1. The molecule has 0 radical (unpaired) electrons. The van der Waals surface area contributed by atoms with Gasteiger partial charge in [0.15, 0.2) is 17.3 Å². The Labute approximate surface area is 185 Å². The molecule has 0 aliphatic carbocycles. The third kappa shape index (κ3) is 4.16. The van der Waals surface area contributed by atoms with Crippen LogP contribution in [0.25, 0.3) is 11.5 Å². The topological polar surface area (TPSA) is 112 Å². The lowest BCUT2D eigenvalue weighted by molar-refractivity contribution is 0.0939. The maximum atomic E-state index is 12.9. The van der Waals surface area contributed by atoms with Gasteiger partial charge in [-0.15, -0.1) is 0 Å². The number of nitrogens with one attached hydrogen (secondary N) is 1. The van der Waals surface area contributed by atoms with Crippen molar-refractivity contribution in [1.29, 1.82) is 0 Å². The molecule has 1 atom stereocenters. The maximum absolute atomic E-state index is 12.9. The molecule has 1 N–H and O–H groups in total. The predicted molar refractivity (Wildman–Crippen MR) is 116 cm³/mol. The standard InChI is InChI=1S/C22H25N5O5/c1-13-24-22(32-26-13)16-6-5-8-23-20(16)27-9-7-15(12-27)25-21(28)14-10-17(29-2)19(31-4)18(11-14)30-3/h5-6,8,10-11,15H,7,9,12H2,1-4H3,(H,25,28). The zero-order valence-corrected chi connectivity index (χ0v) is 18.4. The van der Waals surface area contributed by atoms with Crippen molar-refractivity contribution in [3.05, 3.63) is 41.9 Å². The van der Waals surface area contributed by atoms with Crippen LogP contribution in [0.3, 0.4) is 0 Å². The molecule has 168 valence electrons. The summed E-state index contributed by atoms with van der Waals surface area (Å²) < 4.78 is 21.4. The number of carbonyl (C=O) groups is 1. The average Bonchev–Trinajstić information content (AvgIpc) is 3.46. The van der Waals surface area contributed by atoms with Crippen LogP contribution >= 0.6 is 0 Å². The van der Waals surface area contributed by atoms with Gasteiger partial charge in [0, 0.05) is 30.9 Å². The molecule has 3 aromatic rings. The van der Waals surface area contributed by atoms with E-state index < -0.39 is 0 Å². The highest BCUT2D eigenvalue weighted by molar-refractivity contribution is 5.96. The molecule has 10 heteroatoms. The van der Waals surface area contributed by atoms with Crippen molar-refractivity contribution in [2.24, 2.45) is 0 Å². The van der Waals surface area contributed by atoms with Crippen LogP contribution in [-0.2, 0) is 0 Å². The van der Waals surface area contributed by atoms with E-state index in [0.717, 1.165) is 24.3 Å². The zero-order chi connectivity index (χ0) is 22.7. The molecule has 1 saturated heterocycles. The summed E-state index contributed by atoms with van der Waals surface area (Å²) in [5.41, 5.74) is 1.20. The van der Waals surface area contributed by atoms with E-state index in [2.05, 4.69) is 25.3 Å². The molecule has 2 aromatic heterocycles. The van der Waals surface area contributed by atoms with Crippen molar-refractivity contribution in [2.45, 2.75) is 19.4 Å². The van der Waals surface area contributed by atoms with Crippen LogP contribution in [0.1, 0.15) is 22.6 Å². The minimum absolute atomic E-state index is 0.0548. The van der Waals surface area contributed by atoms with E-state index in [9.17, 15) is 4.79 Å². The molecular weight excluding hydrogens is 414 g/mol. The van der Waals surface area contributed by atoms with Crippen molar-refractivity contribution in [2.75, 3.05) is 39.3 Å². The zero-order valence-electron chi connectivity index (χ0n) is 18.4. The Morgan fingerprint density at radius 3 is 2.56 bits per heavy atom. The first-order valence-corrected chi connectivity index (χ1v) is 10.2. The first-order chi connectivity index (χ1) is 15.5. The van der Waals surface area contributed by atoms with Gasteiger partial charge in [-0.1, -0.05) is 5.16 Å². The van der Waals surface area contributed by atoms with Gasteiger partial charge in [0.05, 0.1) is 26.9 Å². The monoisotopic (exact) mass is 439 g/mol. The highest BCUT2D eigenvalue weighted by atomic mass is 16.5. The molecule has 10 nitrogen and oxygen atoms in total. The van der Waals surface area contributed by atoms with Crippen LogP contribution in [0, 0.1) is 6.92 Å². The van der Waals surface area contributed by atoms with Crippen molar-refractivity contribution < 1.29 is 23.5 Å². The lowest BCUT2D eigenvalue weighted by atomic mass is 10.1. The maximum Gasteiger partial charge on any atom is 0.261 e. The van der Waals surface area contributed by atoms with Crippen LogP contribution in [-0.4, -0.2) is 61.5 Å². The minimum Gasteiger partial charge on any atom is -0.493 e. The lowest BCUT2D eigenvalue weighted by Crippen LogP contribution is -2.37. The Morgan fingerprint density at radius 1 is 1.19 bits per heavy atom. The number of hydrogen-bond donors (Lipinski definition) is 1.